The van der Waals surface area contributed by atoms with Crippen LogP contribution in [-0.4, -0.2) is 40.0 Å². The zero-order valence-electron chi connectivity index (χ0n) is 10.4. The van der Waals surface area contributed by atoms with Crippen molar-refractivity contribution in [3.63, 3.8) is 0 Å². The summed E-state index contributed by atoms with van der Waals surface area (Å²) in [6, 6.07) is 2.54. The lowest BCUT2D eigenvalue weighted by molar-refractivity contribution is -0.138. The van der Waals surface area contributed by atoms with Gasteiger partial charge >= 0.3 is 5.97 Å². The molecule has 0 bridgehead atoms. The fraction of sp³-hybridized carbons (Fsp3) is 0.462. The zero-order chi connectivity index (χ0) is 13.8. The Hall–Kier alpha value is -1.98. The minimum Gasteiger partial charge on any atom is -0.481 e. The Kier molecular flexibility index (Phi) is 4.09. The highest BCUT2D eigenvalue weighted by molar-refractivity contribution is 5.92. The Morgan fingerprint density at radius 2 is 2.26 bits per heavy atom. The van der Waals surface area contributed by atoms with E-state index >= 15 is 0 Å². The number of carboxylic acid groups (broad SMARTS) is 1. The average Bonchev–Trinajstić information content (AvgIpc) is 2.38. The Bertz CT molecular complexity index is 475. The van der Waals surface area contributed by atoms with Gasteiger partial charge in [0.25, 0.3) is 5.91 Å². The molecule has 2 rings (SSSR count). The van der Waals surface area contributed by atoms with E-state index in [4.69, 9.17) is 5.11 Å². The van der Waals surface area contributed by atoms with Gasteiger partial charge in [0.1, 0.15) is 11.5 Å². The van der Waals surface area contributed by atoms with Crippen LogP contribution in [0.5, 0.6) is 0 Å². The van der Waals surface area contributed by atoms with Crippen molar-refractivity contribution in [2.24, 2.45) is 5.92 Å². The topological polar surface area (TPSA) is 70.5 Å². The van der Waals surface area contributed by atoms with Gasteiger partial charge in [-0.05, 0) is 30.9 Å². The molecule has 0 radical (unpaired) electrons. The average molecular weight is 266 g/mol. The van der Waals surface area contributed by atoms with E-state index < -0.39 is 11.8 Å². The smallest absolute Gasteiger partial charge is 0.303 e. The third kappa shape index (κ3) is 3.49. The maximum atomic E-state index is 12.7. The summed E-state index contributed by atoms with van der Waals surface area (Å²) >= 11 is 0. The lowest BCUT2D eigenvalue weighted by Gasteiger charge is -2.31. The highest BCUT2D eigenvalue weighted by Gasteiger charge is 2.26. The summed E-state index contributed by atoms with van der Waals surface area (Å²) in [4.78, 5) is 28.2. The van der Waals surface area contributed by atoms with Crippen molar-refractivity contribution in [1.29, 1.82) is 0 Å². The fourth-order valence-electron chi connectivity index (χ4n) is 2.33. The monoisotopic (exact) mass is 266 g/mol. The van der Waals surface area contributed by atoms with Crippen LogP contribution in [0.15, 0.2) is 18.3 Å². The minimum atomic E-state index is -0.848. The summed E-state index contributed by atoms with van der Waals surface area (Å²) < 4.78 is 12.7. The van der Waals surface area contributed by atoms with Crippen LogP contribution in [0, 0.1) is 11.7 Å². The van der Waals surface area contributed by atoms with Crippen molar-refractivity contribution in [1.82, 2.24) is 9.88 Å². The molecule has 0 spiro atoms. The lowest BCUT2D eigenvalue weighted by atomic mass is 9.94. The molecule has 2 heterocycles. The van der Waals surface area contributed by atoms with E-state index in [2.05, 4.69) is 4.98 Å². The number of carbonyl (C=O) groups excluding carboxylic acids is 1. The molecule has 0 saturated carbocycles. The molecule has 6 heteroatoms. The van der Waals surface area contributed by atoms with Crippen LogP contribution in [0.4, 0.5) is 4.39 Å². The summed E-state index contributed by atoms with van der Waals surface area (Å²) in [5.41, 5.74) is 0.192. The second kappa shape index (κ2) is 5.77. The maximum absolute atomic E-state index is 12.7. The number of amides is 1. The Morgan fingerprint density at radius 1 is 1.47 bits per heavy atom. The van der Waals surface area contributed by atoms with Gasteiger partial charge in [0, 0.05) is 19.5 Å². The molecular formula is C13H15FN2O3. The largest absolute Gasteiger partial charge is 0.481 e. The lowest BCUT2D eigenvalue weighted by Crippen LogP contribution is -2.40. The normalized spacial score (nSPS) is 19.2. The van der Waals surface area contributed by atoms with E-state index in [0.29, 0.717) is 13.1 Å². The molecule has 0 aromatic carbocycles. The first-order valence-corrected chi connectivity index (χ1v) is 6.19. The number of hydrogen-bond donors (Lipinski definition) is 1. The second-order valence-corrected chi connectivity index (χ2v) is 4.72. The molecule has 1 N–H and O–H groups in total. The first-order chi connectivity index (χ1) is 9.06. The molecule has 1 aromatic rings. The highest BCUT2D eigenvalue weighted by Crippen LogP contribution is 2.20. The van der Waals surface area contributed by atoms with Crippen molar-refractivity contribution < 1.29 is 19.1 Å². The number of aliphatic carboxylic acids is 1. The predicted octanol–water partition coefficient (Wildman–Crippen LogP) is 1.55. The zero-order valence-corrected chi connectivity index (χ0v) is 10.4. The number of pyridine rings is 1. The van der Waals surface area contributed by atoms with Crippen LogP contribution in [0.3, 0.4) is 0 Å². The molecule has 102 valence electrons. The number of carbonyl (C=O) groups is 2. The highest BCUT2D eigenvalue weighted by atomic mass is 19.1. The fourth-order valence-corrected chi connectivity index (χ4v) is 2.33. The second-order valence-electron chi connectivity index (χ2n) is 4.72. The van der Waals surface area contributed by atoms with Crippen molar-refractivity contribution in [2.45, 2.75) is 19.3 Å². The van der Waals surface area contributed by atoms with Crippen molar-refractivity contribution in [3.8, 4) is 0 Å². The molecule has 0 aliphatic carbocycles. The van der Waals surface area contributed by atoms with Crippen LogP contribution in [0.2, 0.25) is 0 Å². The molecule has 1 fully saturated rings. The molecule has 5 nitrogen and oxygen atoms in total. The third-order valence-electron chi connectivity index (χ3n) is 3.22. The summed E-state index contributed by atoms with van der Waals surface area (Å²) in [6.45, 7) is 1.01. The Morgan fingerprint density at radius 3 is 2.89 bits per heavy atom. The number of halogens is 1. The molecule has 1 aliphatic heterocycles. The SMILES string of the molecule is O=C(O)CC1CCCN(C(=O)c2ccc(F)cn2)C1. The van der Waals surface area contributed by atoms with Crippen LogP contribution < -0.4 is 0 Å². The van der Waals surface area contributed by atoms with Gasteiger partial charge in [0.05, 0.1) is 6.20 Å². The summed E-state index contributed by atoms with van der Waals surface area (Å²) in [5, 5.41) is 8.78. The molecule has 1 aliphatic rings. The predicted molar refractivity (Wildman–Crippen MR) is 65.1 cm³/mol. The molecule has 1 aromatic heterocycles. The number of nitrogens with zero attached hydrogens (tertiary/aromatic N) is 2. The van der Waals surface area contributed by atoms with Crippen LogP contribution in [0.1, 0.15) is 29.8 Å². The van der Waals surface area contributed by atoms with Gasteiger partial charge < -0.3 is 10.0 Å². The standard InChI is InChI=1S/C13H15FN2O3/c14-10-3-4-11(15-7-10)13(19)16-5-1-2-9(8-16)6-12(17)18/h3-4,7,9H,1-2,5-6,8H2,(H,17,18). The Balaban J connectivity index is 2.02. The van der Waals surface area contributed by atoms with Gasteiger partial charge in [-0.1, -0.05) is 0 Å². The number of hydrogen-bond acceptors (Lipinski definition) is 3. The minimum absolute atomic E-state index is 0.0179. The maximum Gasteiger partial charge on any atom is 0.303 e. The van der Waals surface area contributed by atoms with Gasteiger partial charge in [-0.3, -0.25) is 9.59 Å². The molecule has 1 atom stereocenters. The van der Waals surface area contributed by atoms with Crippen LogP contribution in [-0.2, 0) is 4.79 Å². The number of rotatable bonds is 3. The van der Waals surface area contributed by atoms with Gasteiger partial charge in [-0.15, -0.1) is 0 Å². The summed E-state index contributed by atoms with van der Waals surface area (Å²) in [6.07, 6.45) is 2.67. The number of carboxylic acids is 1. The summed E-state index contributed by atoms with van der Waals surface area (Å²) in [7, 11) is 0. The number of likely N-dealkylation sites (tertiary alicyclic amines) is 1. The number of piperidine rings is 1. The van der Waals surface area contributed by atoms with Crippen molar-refractivity contribution in [3.05, 3.63) is 29.8 Å². The van der Waals surface area contributed by atoms with E-state index in [1.54, 1.807) is 4.90 Å². The first kappa shape index (κ1) is 13.5. The van der Waals surface area contributed by atoms with E-state index in [-0.39, 0.29) is 23.9 Å². The first-order valence-electron chi connectivity index (χ1n) is 6.19. The molecule has 1 saturated heterocycles. The molecule has 1 amide bonds. The molecule has 1 unspecified atom stereocenters. The van der Waals surface area contributed by atoms with Crippen molar-refractivity contribution >= 4 is 11.9 Å². The van der Waals surface area contributed by atoms with Gasteiger partial charge in [0.15, 0.2) is 0 Å². The number of aromatic nitrogens is 1. The Labute approximate surface area is 110 Å². The van der Waals surface area contributed by atoms with E-state index in [1.807, 2.05) is 0 Å². The van der Waals surface area contributed by atoms with Gasteiger partial charge in [0.2, 0.25) is 0 Å². The quantitative estimate of drug-likeness (QED) is 0.901. The van der Waals surface area contributed by atoms with Crippen LogP contribution >= 0.6 is 0 Å². The van der Waals surface area contributed by atoms with Gasteiger partial charge in [-0.2, -0.15) is 0 Å². The van der Waals surface area contributed by atoms with E-state index in [0.717, 1.165) is 19.0 Å². The van der Waals surface area contributed by atoms with Crippen LogP contribution in [0.25, 0.3) is 0 Å². The van der Waals surface area contributed by atoms with Crippen molar-refractivity contribution in [2.75, 3.05) is 13.1 Å². The summed E-state index contributed by atoms with van der Waals surface area (Å²) in [5.74, 6) is -1.62. The van der Waals surface area contributed by atoms with E-state index in [1.165, 1.54) is 12.1 Å². The van der Waals surface area contributed by atoms with E-state index in [9.17, 15) is 14.0 Å². The molecular weight excluding hydrogens is 251 g/mol. The third-order valence-corrected chi connectivity index (χ3v) is 3.22. The molecule has 19 heavy (non-hydrogen) atoms. The van der Waals surface area contributed by atoms with Gasteiger partial charge in [-0.25, -0.2) is 9.37 Å².